The van der Waals surface area contributed by atoms with Gasteiger partial charge < -0.3 is 9.63 Å². The van der Waals surface area contributed by atoms with Gasteiger partial charge in [-0.05, 0) is 6.42 Å². The van der Waals surface area contributed by atoms with Crippen LogP contribution in [0.4, 0.5) is 0 Å². The number of sulfonamides is 1. The maximum atomic E-state index is 12.2. The fraction of sp³-hybridized carbons (Fsp3) is 0.667. The normalized spacial score (nSPS) is 19.5. The van der Waals surface area contributed by atoms with Crippen molar-refractivity contribution in [3.8, 4) is 0 Å². The maximum Gasteiger partial charge on any atom is 0.320 e. The Balaban J connectivity index is 1.95. The van der Waals surface area contributed by atoms with Gasteiger partial charge in [0.15, 0.2) is 0 Å². The summed E-state index contributed by atoms with van der Waals surface area (Å²) < 4.78 is 30.5. The molecule has 8 nitrogen and oxygen atoms in total. The molecule has 1 N–H and O–H groups in total. The van der Waals surface area contributed by atoms with Crippen molar-refractivity contribution in [2.75, 3.05) is 26.2 Å². The summed E-state index contributed by atoms with van der Waals surface area (Å²) in [5.74, 6) is -1.06. The Labute approximate surface area is 123 Å². The minimum absolute atomic E-state index is 0.195. The molecule has 1 aromatic heterocycles. The SMILES string of the molecule is CCC(C(=O)O)N1CCN(S(=O)(=O)Cc2ccon2)CC1. The van der Waals surface area contributed by atoms with E-state index >= 15 is 0 Å². The topological polar surface area (TPSA) is 104 Å². The summed E-state index contributed by atoms with van der Waals surface area (Å²) >= 11 is 0. The number of hydrogen-bond donors (Lipinski definition) is 1. The van der Waals surface area contributed by atoms with Crippen LogP contribution in [0.25, 0.3) is 0 Å². The predicted octanol–water partition coefficient (Wildman–Crippen LogP) is -0.0148. The minimum Gasteiger partial charge on any atom is -0.480 e. The predicted molar refractivity (Wildman–Crippen MR) is 74.0 cm³/mol. The van der Waals surface area contributed by atoms with Crippen molar-refractivity contribution in [1.82, 2.24) is 14.4 Å². The fourth-order valence-electron chi connectivity index (χ4n) is 2.47. The van der Waals surface area contributed by atoms with Crippen LogP contribution in [-0.4, -0.2) is 66.1 Å². The number of carboxylic acids is 1. The lowest BCUT2D eigenvalue weighted by Gasteiger charge is -2.36. The van der Waals surface area contributed by atoms with Gasteiger partial charge in [0.25, 0.3) is 0 Å². The monoisotopic (exact) mass is 317 g/mol. The minimum atomic E-state index is -3.45. The largest absolute Gasteiger partial charge is 0.480 e. The van der Waals surface area contributed by atoms with Crippen LogP contribution in [0.2, 0.25) is 0 Å². The molecule has 0 aliphatic carbocycles. The molecule has 21 heavy (non-hydrogen) atoms. The second kappa shape index (κ2) is 6.54. The van der Waals surface area contributed by atoms with Gasteiger partial charge in [-0.3, -0.25) is 9.69 Å². The standard InChI is InChI=1S/C12H19N3O5S/c1-2-11(12(16)17)14-4-6-15(7-5-14)21(18,19)9-10-3-8-20-13-10/h3,8,11H,2,4-7,9H2,1H3,(H,16,17). The smallest absolute Gasteiger partial charge is 0.320 e. The van der Waals surface area contributed by atoms with Crippen molar-refractivity contribution in [2.45, 2.75) is 25.1 Å². The van der Waals surface area contributed by atoms with E-state index in [1.54, 1.807) is 0 Å². The molecule has 0 aromatic carbocycles. The summed E-state index contributed by atoms with van der Waals surface area (Å²) in [4.78, 5) is 12.9. The molecule has 118 valence electrons. The van der Waals surface area contributed by atoms with Gasteiger partial charge in [-0.1, -0.05) is 12.1 Å². The van der Waals surface area contributed by atoms with E-state index in [1.807, 2.05) is 11.8 Å². The van der Waals surface area contributed by atoms with Crippen LogP contribution in [0.15, 0.2) is 16.9 Å². The van der Waals surface area contributed by atoms with Crippen LogP contribution in [0.3, 0.4) is 0 Å². The molecule has 1 unspecified atom stereocenters. The fourth-order valence-corrected chi connectivity index (χ4v) is 3.90. The molecule has 9 heteroatoms. The van der Waals surface area contributed by atoms with E-state index < -0.39 is 22.0 Å². The lowest BCUT2D eigenvalue weighted by molar-refractivity contribution is -0.143. The Bertz CT molecular complexity index is 564. The Morgan fingerprint density at radius 2 is 2.10 bits per heavy atom. The second-order valence-electron chi connectivity index (χ2n) is 4.94. The summed E-state index contributed by atoms with van der Waals surface area (Å²) in [5, 5.41) is 12.7. The summed E-state index contributed by atoms with van der Waals surface area (Å²) in [6, 6.07) is 0.969. The molecule has 0 radical (unpaired) electrons. The van der Waals surface area contributed by atoms with E-state index in [1.165, 1.54) is 16.6 Å². The summed E-state index contributed by atoms with van der Waals surface area (Å²) in [6.07, 6.45) is 1.84. The molecule has 1 aliphatic rings. The van der Waals surface area contributed by atoms with Crippen LogP contribution < -0.4 is 0 Å². The van der Waals surface area contributed by atoms with E-state index in [0.29, 0.717) is 38.3 Å². The van der Waals surface area contributed by atoms with Crippen LogP contribution in [0.1, 0.15) is 19.0 Å². The van der Waals surface area contributed by atoms with Crippen molar-refractivity contribution in [2.24, 2.45) is 0 Å². The molecule has 0 amide bonds. The molecule has 1 saturated heterocycles. The first kappa shape index (κ1) is 15.9. The first-order valence-electron chi connectivity index (χ1n) is 6.78. The van der Waals surface area contributed by atoms with Gasteiger partial charge in [0, 0.05) is 32.2 Å². The van der Waals surface area contributed by atoms with Crippen molar-refractivity contribution < 1.29 is 22.8 Å². The van der Waals surface area contributed by atoms with Gasteiger partial charge in [-0.15, -0.1) is 0 Å². The van der Waals surface area contributed by atoms with Crippen LogP contribution in [0.5, 0.6) is 0 Å². The number of aromatic nitrogens is 1. The maximum absolute atomic E-state index is 12.2. The number of nitrogens with zero attached hydrogens (tertiary/aromatic N) is 3. The van der Waals surface area contributed by atoms with E-state index in [2.05, 4.69) is 9.68 Å². The second-order valence-corrected chi connectivity index (χ2v) is 6.91. The molecule has 0 spiro atoms. The van der Waals surface area contributed by atoms with Gasteiger partial charge >= 0.3 is 5.97 Å². The van der Waals surface area contributed by atoms with Crippen molar-refractivity contribution in [1.29, 1.82) is 0 Å². The zero-order valence-corrected chi connectivity index (χ0v) is 12.6. The lowest BCUT2D eigenvalue weighted by Crippen LogP contribution is -2.53. The molecule has 1 atom stereocenters. The van der Waals surface area contributed by atoms with Gasteiger partial charge in [-0.2, -0.15) is 4.31 Å². The van der Waals surface area contributed by atoms with Crippen LogP contribution >= 0.6 is 0 Å². The first-order valence-corrected chi connectivity index (χ1v) is 8.39. The Morgan fingerprint density at radius 1 is 1.43 bits per heavy atom. The summed E-state index contributed by atoms with van der Waals surface area (Å²) in [6.45, 7) is 3.24. The highest BCUT2D eigenvalue weighted by Crippen LogP contribution is 2.15. The average molecular weight is 317 g/mol. The van der Waals surface area contributed by atoms with Crippen molar-refractivity contribution in [3.63, 3.8) is 0 Å². The molecule has 2 rings (SSSR count). The van der Waals surface area contributed by atoms with Gasteiger partial charge in [-0.25, -0.2) is 8.42 Å². The van der Waals surface area contributed by atoms with E-state index in [-0.39, 0.29) is 5.75 Å². The van der Waals surface area contributed by atoms with Gasteiger partial charge in [0.1, 0.15) is 18.1 Å². The van der Waals surface area contributed by atoms with Gasteiger partial charge in [0.2, 0.25) is 10.0 Å². The third-order valence-electron chi connectivity index (χ3n) is 3.60. The van der Waals surface area contributed by atoms with Crippen molar-refractivity contribution >= 4 is 16.0 Å². The highest BCUT2D eigenvalue weighted by molar-refractivity contribution is 7.88. The number of carbonyl (C=O) groups is 1. The molecular weight excluding hydrogens is 298 g/mol. The number of hydrogen-bond acceptors (Lipinski definition) is 6. The molecule has 0 bridgehead atoms. The number of rotatable bonds is 6. The highest BCUT2D eigenvalue weighted by Gasteiger charge is 2.32. The zero-order valence-electron chi connectivity index (χ0n) is 11.8. The van der Waals surface area contributed by atoms with Crippen molar-refractivity contribution in [3.05, 3.63) is 18.0 Å². The average Bonchev–Trinajstić information content (AvgIpc) is 2.92. The quantitative estimate of drug-likeness (QED) is 0.786. The Hall–Kier alpha value is -1.45. The lowest BCUT2D eigenvalue weighted by atomic mass is 10.1. The van der Waals surface area contributed by atoms with E-state index in [9.17, 15) is 13.2 Å². The molecule has 1 fully saturated rings. The molecule has 1 aromatic rings. The van der Waals surface area contributed by atoms with Crippen LogP contribution in [-0.2, 0) is 20.6 Å². The first-order chi connectivity index (χ1) is 9.94. The summed E-state index contributed by atoms with van der Waals surface area (Å²) in [5.41, 5.74) is 0.370. The molecule has 1 aliphatic heterocycles. The zero-order chi connectivity index (χ0) is 15.5. The number of piperazine rings is 1. The molecular formula is C12H19N3O5S. The Morgan fingerprint density at radius 3 is 2.57 bits per heavy atom. The molecule has 0 saturated carbocycles. The third kappa shape index (κ3) is 3.80. The van der Waals surface area contributed by atoms with E-state index in [0.717, 1.165) is 0 Å². The highest BCUT2D eigenvalue weighted by atomic mass is 32.2. The van der Waals surface area contributed by atoms with E-state index in [4.69, 9.17) is 5.11 Å². The van der Waals surface area contributed by atoms with Gasteiger partial charge in [0.05, 0.1) is 5.69 Å². The molecule has 2 heterocycles. The number of carboxylic acid groups (broad SMARTS) is 1. The third-order valence-corrected chi connectivity index (χ3v) is 5.41. The number of aliphatic carboxylic acids is 1. The Kier molecular flexibility index (Phi) is 4.96. The van der Waals surface area contributed by atoms with Crippen LogP contribution in [0, 0.1) is 0 Å². The summed E-state index contributed by atoms with van der Waals surface area (Å²) in [7, 11) is -3.45.